The molecule has 0 atom stereocenters. The van der Waals surface area contributed by atoms with Crippen LogP contribution in [0, 0.1) is 0 Å². The number of hydrogen-bond acceptors (Lipinski definition) is 3. The second kappa shape index (κ2) is 13.4. The molecule has 0 spiro atoms. The van der Waals surface area contributed by atoms with E-state index >= 15 is 0 Å². The Morgan fingerprint density at radius 1 is 0.288 bits per heavy atom. The number of anilines is 3. The lowest BCUT2D eigenvalue weighted by Crippen LogP contribution is -2.11. The fourth-order valence-electron chi connectivity index (χ4n) is 9.12. The maximum absolute atomic E-state index is 6.34. The molecule has 276 valence electrons. The van der Waals surface area contributed by atoms with E-state index in [2.05, 4.69) is 193 Å². The van der Waals surface area contributed by atoms with Crippen molar-refractivity contribution in [2.24, 2.45) is 0 Å². The minimum absolute atomic E-state index is 0.866. The van der Waals surface area contributed by atoms with Crippen molar-refractivity contribution in [3.8, 4) is 33.4 Å². The molecule has 0 unspecified atom stereocenters. The van der Waals surface area contributed by atoms with E-state index in [4.69, 9.17) is 8.83 Å². The van der Waals surface area contributed by atoms with Crippen molar-refractivity contribution in [2.75, 3.05) is 4.90 Å². The molecule has 0 aliphatic heterocycles. The molecule has 3 nitrogen and oxygen atoms in total. The van der Waals surface area contributed by atoms with Crippen LogP contribution in [-0.2, 0) is 0 Å². The van der Waals surface area contributed by atoms with Gasteiger partial charge in [-0.2, -0.15) is 0 Å². The predicted octanol–water partition coefficient (Wildman–Crippen LogP) is 16.3. The van der Waals surface area contributed by atoms with Crippen molar-refractivity contribution in [1.29, 1.82) is 0 Å². The molecule has 0 bridgehead atoms. The zero-order chi connectivity index (χ0) is 38.9. The average molecular weight is 754 g/mol. The van der Waals surface area contributed by atoms with E-state index < -0.39 is 0 Å². The highest BCUT2D eigenvalue weighted by Crippen LogP contribution is 2.46. The Morgan fingerprint density at radius 2 is 0.881 bits per heavy atom. The van der Waals surface area contributed by atoms with Gasteiger partial charge >= 0.3 is 0 Å². The van der Waals surface area contributed by atoms with E-state index in [0.29, 0.717) is 0 Å². The molecule has 0 radical (unpaired) electrons. The van der Waals surface area contributed by atoms with Gasteiger partial charge in [0.25, 0.3) is 0 Å². The molecule has 0 saturated heterocycles. The zero-order valence-electron chi connectivity index (χ0n) is 32.0. The van der Waals surface area contributed by atoms with Gasteiger partial charge in [0.15, 0.2) is 0 Å². The molecule has 0 fully saturated rings. The van der Waals surface area contributed by atoms with Crippen molar-refractivity contribution >= 4 is 82.5 Å². The Bertz CT molecular complexity index is 3560. The Morgan fingerprint density at radius 3 is 1.71 bits per heavy atom. The first-order chi connectivity index (χ1) is 29.2. The Hall–Kier alpha value is -7.88. The highest BCUT2D eigenvalue weighted by atomic mass is 16.3. The molecular weight excluding hydrogens is 719 g/mol. The molecular formula is C56H35NO2. The Labute approximate surface area is 340 Å². The third kappa shape index (κ3) is 5.44. The summed E-state index contributed by atoms with van der Waals surface area (Å²) in [5.41, 5.74) is 13.6. The van der Waals surface area contributed by atoms with E-state index in [9.17, 15) is 0 Å². The second-order valence-corrected chi connectivity index (χ2v) is 15.2. The van der Waals surface area contributed by atoms with Crippen LogP contribution in [0.5, 0.6) is 0 Å². The van der Waals surface area contributed by atoms with Crippen LogP contribution in [0.25, 0.3) is 98.8 Å². The van der Waals surface area contributed by atoms with Crippen LogP contribution in [0.15, 0.2) is 221 Å². The number of nitrogens with zero attached hydrogens (tertiary/aromatic N) is 1. The molecule has 12 rings (SSSR count). The van der Waals surface area contributed by atoms with Crippen molar-refractivity contribution in [3.63, 3.8) is 0 Å². The first-order valence-electron chi connectivity index (χ1n) is 20.1. The first kappa shape index (κ1) is 33.3. The van der Waals surface area contributed by atoms with Crippen LogP contribution in [-0.4, -0.2) is 0 Å². The van der Waals surface area contributed by atoms with Crippen molar-refractivity contribution in [1.82, 2.24) is 0 Å². The van der Waals surface area contributed by atoms with Crippen molar-refractivity contribution in [2.45, 2.75) is 0 Å². The molecule has 0 N–H and O–H groups in total. The molecule has 2 aromatic heterocycles. The minimum atomic E-state index is 0.866. The van der Waals surface area contributed by atoms with Crippen molar-refractivity contribution < 1.29 is 8.83 Å². The summed E-state index contributed by atoms with van der Waals surface area (Å²) in [6.07, 6.45) is 0. The van der Waals surface area contributed by atoms with Crippen LogP contribution < -0.4 is 4.90 Å². The van der Waals surface area contributed by atoms with Gasteiger partial charge in [0.05, 0.1) is 5.69 Å². The van der Waals surface area contributed by atoms with Crippen LogP contribution in [0.1, 0.15) is 0 Å². The summed E-state index contributed by atoms with van der Waals surface area (Å²) in [6, 6.07) is 76.0. The predicted molar refractivity (Wildman–Crippen MR) is 247 cm³/mol. The maximum Gasteiger partial charge on any atom is 0.136 e. The third-order valence-corrected chi connectivity index (χ3v) is 11.9. The number of fused-ring (bicyclic) bond motifs is 9. The molecule has 10 aromatic carbocycles. The SMILES string of the molecule is c1ccc(-c2ccc(-c3cc4ccccc4c4ccccc34)cc2N(c2ccc(-c3cccc4oc5ccccc5c34)cc2)c2ccc3oc4ccccc4c3c2)cc1. The molecule has 2 heterocycles. The molecule has 59 heavy (non-hydrogen) atoms. The summed E-state index contributed by atoms with van der Waals surface area (Å²) in [5.74, 6) is 0. The number of furan rings is 2. The van der Waals surface area contributed by atoms with Gasteiger partial charge in [0, 0.05) is 38.5 Å². The van der Waals surface area contributed by atoms with Crippen LogP contribution in [0.3, 0.4) is 0 Å². The van der Waals surface area contributed by atoms with E-state index in [1.165, 1.54) is 27.1 Å². The summed E-state index contributed by atoms with van der Waals surface area (Å²) in [4.78, 5) is 2.41. The summed E-state index contributed by atoms with van der Waals surface area (Å²) in [6.45, 7) is 0. The fraction of sp³-hybridized carbons (Fsp3) is 0. The monoisotopic (exact) mass is 753 g/mol. The number of hydrogen-bond donors (Lipinski definition) is 0. The molecule has 12 aromatic rings. The summed E-state index contributed by atoms with van der Waals surface area (Å²) < 4.78 is 12.6. The topological polar surface area (TPSA) is 29.5 Å². The van der Waals surface area contributed by atoms with Gasteiger partial charge in [0.1, 0.15) is 22.3 Å². The first-order valence-corrected chi connectivity index (χ1v) is 20.1. The second-order valence-electron chi connectivity index (χ2n) is 15.2. The van der Waals surface area contributed by atoms with Crippen molar-refractivity contribution in [3.05, 3.63) is 212 Å². The average Bonchev–Trinajstić information content (AvgIpc) is 3.88. The van der Waals surface area contributed by atoms with E-state index in [0.717, 1.165) is 88.8 Å². The standard InChI is InChI=1S/C56H35NO2/c1-2-13-36(14-3-1)43-31-27-39(49-33-38-15-4-5-16-42(38)45-17-6-7-18-46(45)49)34-51(43)57(41-30-32-54-50(35-41)47-19-8-10-22-52(47)58-54)40-28-25-37(26-29-40)44-21-12-24-55-56(44)48-20-9-11-23-53(48)59-55/h1-35H. The maximum atomic E-state index is 6.34. The van der Waals surface area contributed by atoms with E-state index in [1.807, 2.05) is 24.3 Å². The lowest BCUT2D eigenvalue weighted by molar-refractivity contribution is 0.668. The normalized spacial score (nSPS) is 11.7. The number of para-hydroxylation sites is 2. The highest BCUT2D eigenvalue weighted by Gasteiger charge is 2.22. The zero-order valence-corrected chi connectivity index (χ0v) is 32.0. The third-order valence-electron chi connectivity index (χ3n) is 11.9. The van der Waals surface area contributed by atoms with Gasteiger partial charge in [0.2, 0.25) is 0 Å². The van der Waals surface area contributed by atoms with E-state index in [-0.39, 0.29) is 0 Å². The molecule has 3 heteroatoms. The molecule has 0 saturated carbocycles. The van der Waals surface area contributed by atoms with Crippen LogP contribution in [0.4, 0.5) is 17.1 Å². The van der Waals surface area contributed by atoms with Gasteiger partial charge < -0.3 is 13.7 Å². The van der Waals surface area contributed by atoms with Crippen LogP contribution in [0.2, 0.25) is 0 Å². The van der Waals surface area contributed by atoms with Gasteiger partial charge in [-0.15, -0.1) is 0 Å². The largest absolute Gasteiger partial charge is 0.456 e. The van der Waals surface area contributed by atoms with Gasteiger partial charge in [-0.05, 0) is 110 Å². The van der Waals surface area contributed by atoms with Crippen LogP contribution >= 0.6 is 0 Å². The summed E-state index contributed by atoms with van der Waals surface area (Å²) >= 11 is 0. The lowest BCUT2D eigenvalue weighted by atomic mass is 9.91. The van der Waals surface area contributed by atoms with Gasteiger partial charge in [-0.25, -0.2) is 0 Å². The number of benzene rings is 10. The lowest BCUT2D eigenvalue weighted by Gasteiger charge is -2.29. The molecule has 0 amide bonds. The summed E-state index contributed by atoms with van der Waals surface area (Å²) in [7, 11) is 0. The number of rotatable bonds is 6. The Kier molecular flexibility index (Phi) is 7.54. The highest BCUT2D eigenvalue weighted by molar-refractivity contribution is 6.15. The minimum Gasteiger partial charge on any atom is -0.456 e. The smallest absolute Gasteiger partial charge is 0.136 e. The van der Waals surface area contributed by atoms with Gasteiger partial charge in [-0.1, -0.05) is 152 Å². The van der Waals surface area contributed by atoms with Gasteiger partial charge in [-0.3, -0.25) is 0 Å². The molecule has 0 aliphatic carbocycles. The fourth-order valence-corrected chi connectivity index (χ4v) is 9.12. The summed E-state index contributed by atoms with van der Waals surface area (Å²) in [5, 5.41) is 9.39. The molecule has 0 aliphatic rings. The Balaban J connectivity index is 1.11. The van der Waals surface area contributed by atoms with E-state index in [1.54, 1.807) is 0 Å². The quantitative estimate of drug-likeness (QED) is 0.158.